The Balaban J connectivity index is 1.78. The fourth-order valence-electron chi connectivity index (χ4n) is 2.89. The Morgan fingerprint density at radius 1 is 1.30 bits per heavy atom. The lowest BCUT2D eigenvalue weighted by atomic mass is 10.2. The third kappa shape index (κ3) is 4.88. The van der Waals surface area contributed by atoms with Crippen molar-refractivity contribution in [3.05, 3.63) is 29.6 Å². The van der Waals surface area contributed by atoms with E-state index in [0.29, 0.717) is 5.92 Å². The van der Waals surface area contributed by atoms with E-state index in [1.807, 2.05) is 6.20 Å². The van der Waals surface area contributed by atoms with Crippen LogP contribution in [0.3, 0.4) is 0 Å². The molecule has 1 saturated carbocycles. The molecule has 1 aliphatic rings. The van der Waals surface area contributed by atoms with Crippen molar-refractivity contribution in [2.75, 3.05) is 13.6 Å². The van der Waals surface area contributed by atoms with E-state index in [2.05, 4.69) is 48.2 Å². The number of pyridine rings is 1. The Bertz CT molecular complexity index is 380. The van der Waals surface area contributed by atoms with Gasteiger partial charge in [-0.2, -0.15) is 0 Å². The van der Waals surface area contributed by atoms with Gasteiger partial charge in [-0.05, 0) is 44.0 Å². The summed E-state index contributed by atoms with van der Waals surface area (Å²) in [7, 11) is 2.23. The number of nitrogens with zero attached hydrogens (tertiary/aromatic N) is 2. The molecule has 0 spiro atoms. The van der Waals surface area contributed by atoms with Crippen LogP contribution in [0.1, 0.15) is 50.8 Å². The van der Waals surface area contributed by atoms with Crippen molar-refractivity contribution >= 4 is 0 Å². The molecular weight excluding hydrogens is 246 g/mol. The van der Waals surface area contributed by atoms with Crippen LogP contribution in [0.25, 0.3) is 0 Å². The summed E-state index contributed by atoms with van der Waals surface area (Å²) in [6, 6.07) is 5.15. The predicted molar refractivity (Wildman–Crippen MR) is 84.5 cm³/mol. The molecule has 0 amide bonds. The fourth-order valence-corrected chi connectivity index (χ4v) is 2.89. The molecule has 0 unspecified atom stereocenters. The minimum Gasteiger partial charge on any atom is -0.312 e. The van der Waals surface area contributed by atoms with Crippen molar-refractivity contribution in [1.29, 1.82) is 0 Å². The van der Waals surface area contributed by atoms with Gasteiger partial charge >= 0.3 is 0 Å². The molecule has 1 aromatic rings. The molecule has 1 heterocycles. The molecule has 3 nitrogen and oxygen atoms in total. The number of rotatable bonds is 7. The van der Waals surface area contributed by atoms with Crippen molar-refractivity contribution in [1.82, 2.24) is 15.2 Å². The van der Waals surface area contributed by atoms with E-state index in [-0.39, 0.29) is 0 Å². The average molecular weight is 275 g/mol. The first-order valence-electron chi connectivity index (χ1n) is 8.00. The van der Waals surface area contributed by atoms with Gasteiger partial charge in [0.15, 0.2) is 0 Å². The predicted octanol–water partition coefficient (Wildman–Crippen LogP) is 3.20. The van der Waals surface area contributed by atoms with Gasteiger partial charge in [0.25, 0.3) is 0 Å². The highest BCUT2D eigenvalue weighted by Crippen LogP contribution is 2.23. The van der Waals surface area contributed by atoms with Gasteiger partial charge in [0.1, 0.15) is 0 Å². The van der Waals surface area contributed by atoms with Crippen molar-refractivity contribution in [3.63, 3.8) is 0 Å². The molecule has 3 heteroatoms. The van der Waals surface area contributed by atoms with E-state index in [0.717, 1.165) is 25.7 Å². The highest BCUT2D eigenvalue weighted by Gasteiger charge is 2.19. The monoisotopic (exact) mass is 275 g/mol. The highest BCUT2D eigenvalue weighted by molar-refractivity contribution is 5.14. The van der Waals surface area contributed by atoms with Crippen molar-refractivity contribution in [3.8, 4) is 0 Å². The van der Waals surface area contributed by atoms with Gasteiger partial charge in [-0.3, -0.25) is 9.88 Å². The Kier molecular flexibility index (Phi) is 5.99. The summed E-state index contributed by atoms with van der Waals surface area (Å²) in [5, 5.41) is 3.46. The lowest BCUT2D eigenvalue weighted by molar-refractivity contribution is 0.235. The molecule has 0 atom stereocenters. The first-order chi connectivity index (χ1) is 9.65. The lowest BCUT2D eigenvalue weighted by Gasteiger charge is -2.23. The van der Waals surface area contributed by atoms with E-state index in [1.165, 1.54) is 36.9 Å². The molecule has 0 bridgehead atoms. The fraction of sp³-hybridized carbons (Fsp3) is 0.706. The van der Waals surface area contributed by atoms with Crippen LogP contribution >= 0.6 is 0 Å². The summed E-state index contributed by atoms with van der Waals surface area (Å²) >= 11 is 0. The quantitative estimate of drug-likeness (QED) is 0.828. The van der Waals surface area contributed by atoms with Gasteiger partial charge in [0.05, 0.1) is 5.69 Å². The van der Waals surface area contributed by atoms with Gasteiger partial charge < -0.3 is 5.32 Å². The summed E-state index contributed by atoms with van der Waals surface area (Å²) < 4.78 is 0. The van der Waals surface area contributed by atoms with Crippen LogP contribution < -0.4 is 5.32 Å². The lowest BCUT2D eigenvalue weighted by Crippen LogP contribution is -2.28. The van der Waals surface area contributed by atoms with Crippen LogP contribution in [0.15, 0.2) is 18.3 Å². The van der Waals surface area contributed by atoms with Gasteiger partial charge in [-0.25, -0.2) is 0 Å². The molecule has 0 radical (unpaired) electrons. The van der Waals surface area contributed by atoms with Gasteiger partial charge in [0.2, 0.25) is 0 Å². The molecule has 1 fully saturated rings. The van der Waals surface area contributed by atoms with Crippen molar-refractivity contribution in [2.24, 2.45) is 5.92 Å². The van der Waals surface area contributed by atoms with E-state index < -0.39 is 0 Å². The summed E-state index contributed by atoms with van der Waals surface area (Å²) in [5.74, 6) is 0.697. The zero-order chi connectivity index (χ0) is 14.4. The summed E-state index contributed by atoms with van der Waals surface area (Å²) in [5.41, 5.74) is 2.46. The largest absolute Gasteiger partial charge is 0.312 e. The van der Waals surface area contributed by atoms with Crippen LogP contribution in [-0.4, -0.2) is 29.5 Å². The number of hydrogen-bond donors (Lipinski definition) is 1. The SMILES string of the molecule is CC(C)CNCc1ccc(CN(C)C2CCCC2)nc1. The van der Waals surface area contributed by atoms with Crippen LogP contribution in [0, 0.1) is 5.92 Å². The summed E-state index contributed by atoms with van der Waals surface area (Å²) in [6.07, 6.45) is 7.51. The van der Waals surface area contributed by atoms with Crippen molar-refractivity contribution < 1.29 is 0 Å². The number of hydrogen-bond acceptors (Lipinski definition) is 3. The molecule has 0 saturated heterocycles. The van der Waals surface area contributed by atoms with E-state index in [1.54, 1.807) is 0 Å². The summed E-state index contributed by atoms with van der Waals surface area (Å²) in [6.45, 7) is 7.42. The van der Waals surface area contributed by atoms with E-state index >= 15 is 0 Å². The Labute approximate surface area is 123 Å². The second-order valence-corrected chi connectivity index (χ2v) is 6.54. The molecule has 2 rings (SSSR count). The molecule has 0 aromatic carbocycles. The smallest absolute Gasteiger partial charge is 0.0544 e. The maximum atomic E-state index is 4.61. The van der Waals surface area contributed by atoms with Gasteiger partial charge in [0, 0.05) is 25.3 Å². The first-order valence-corrected chi connectivity index (χ1v) is 8.00. The van der Waals surface area contributed by atoms with E-state index in [4.69, 9.17) is 0 Å². The third-order valence-corrected chi connectivity index (χ3v) is 4.13. The number of nitrogens with one attached hydrogen (secondary N) is 1. The average Bonchev–Trinajstić information content (AvgIpc) is 2.94. The standard InChI is InChI=1S/C17H29N3/c1-14(2)10-18-11-15-8-9-16(19-12-15)13-20(3)17-6-4-5-7-17/h8-9,12,14,17-18H,4-7,10-11,13H2,1-3H3. The van der Waals surface area contributed by atoms with Crippen LogP contribution in [0.4, 0.5) is 0 Å². The first kappa shape index (κ1) is 15.5. The molecule has 1 aromatic heterocycles. The Morgan fingerprint density at radius 2 is 2.05 bits per heavy atom. The second kappa shape index (κ2) is 7.75. The van der Waals surface area contributed by atoms with E-state index in [9.17, 15) is 0 Å². The second-order valence-electron chi connectivity index (χ2n) is 6.54. The summed E-state index contributed by atoms with van der Waals surface area (Å²) in [4.78, 5) is 7.07. The molecule has 1 N–H and O–H groups in total. The molecule has 1 aliphatic carbocycles. The van der Waals surface area contributed by atoms with Gasteiger partial charge in [-0.1, -0.05) is 32.8 Å². The highest BCUT2D eigenvalue weighted by atomic mass is 15.1. The maximum Gasteiger partial charge on any atom is 0.0544 e. The topological polar surface area (TPSA) is 28.2 Å². The maximum absolute atomic E-state index is 4.61. The number of aromatic nitrogens is 1. The minimum atomic E-state index is 0.697. The zero-order valence-electron chi connectivity index (χ0n) is 13.2. The Morgan fingerprint density at radius 3 is 2.65 bits per heavy atom. The van der Waals surface area contributed by atoms with Crippen LogP contribution in [0.2, 0.25) is 0 Å². The molecule has 112 valence electrons. The van der Waals surface area contributed by atoms with Crippen LogP contribution in [0.5, 0.6) is 0 Å². The molecular formula is C17H29N3. The molecule has 20 heavy (non-hydrogen) atoms. The Hall–Kier alpha value is -0.930. The molecule has 0 aliphatic heterocycles. The minimum absolute atomic E-state index is 0.697. The van der Waals surface area contributed by atoms with Crippen LogP contribution in [-0.2, 0) is 13.1 Å². The van der Waals surface area contributed by atoms with Crippen molar-refractivity contribution in [2.45, 2.75) is 58.7 Å². The zero-order valence-corrected chi connectivity index (χ0v) is 13.2. The normalized spacial score (nSPS) is 16.4. The third-order valence-electron chi connectivity index (χ3n) is 4.13. The van der Waals surface area contributed by atoms with Gasteiger partial charge in [-0.15, -0.1) is 0 Å².